The number of hydrogen-bond donors (Lipinski definition) is 3. The van der Waals surface area contributed by atoms with Crippen molar-refractivity contribution in [2.24, 2.45) is 0 Å². The maximum atomic E-state index is 13.1. The lowest BCUT2D eigenvalue weighted by Gasteiger charge is -2.38. The van der Waals surface area contributed by atoms with Crippen molar-refractivity contribution in [3.8, 4) is 0 Å². The third kappa shape index (κ3) is 14.8. The zero-order valence-corrected chi connectivity index (χ0v) is 44.8. The van der Waals surface area contributed by atoms with Gasteiger partial charge in [0, 0.05) is 114 Å². The summed E-state index contributed by atoms with van der Waals surface area (Å²) in [5.41, 5.74) is 7.69. The number of nitrogens with one attached hydrogen (secondary N) is 3. The Balaban J connectivity index is 0.000000175. The first-order valence-corrected chi connectivity index (χ1v) is 26.9. The van der Waals surface area contributed by atoms with Crippen LogP contribution in [0.15, 0.2) is 141 Å². The lowest BCUT2D eigenvalue weighted by molar-refractivity contribution is -0.133. The molecule has 4 aliphatic rings. The number of ether oxygens (including phenoxy) is 1. The third-order valence-electron chi connectivity index (χ3n) is 13.5. The zero-order chi connectivity index (χ0) is 55.1. The Kier molecular flexibility index (Phi) is 17.9. The number of aromatic nitrogens is 10. The summed E-state index contributed by atoms with van der Waals surface area (Å²) in [6.07, 6.45) is 11.1. The molecule has 414 valence electrons. The van der Waals surface area contributed by atoms with Gasteiger partial charge >= 0.3 is 0 Å². The molecule has 0 amide bonds. The van der Waals surface area contributed by atoms with E-state index in [1.54, 1.807) is 29.4 Å². The van der Waals surface area contributed by atoms with E-state index in [1.807, 2.05) is 80.8 Å². The van der Waals surface area contributed by atoms with E-state index < -0.39 is 5.92 Å². The van der Waals surface area contributed by atoms with E-state index in [4.69, 9.17) is 4.74 Å². The first kappa shape index (κ1) is 54.5. The van der Waals surface area contributed by atoms with Gasteiger partial charge in [-0.3, -0.25) is 4.90 Å². The van der Waals surface area contributed by atoms with Crippen molar-refractivity contribution < 1.29 is 17.9 Å². The molecule has 8 aromatic rings. The van der Waals surface area contributed by atoms with E-state index in [0.29, 0.717) is 36.3 Å². The fourth-order valence-corrected chi connectivity index (χ4v) is 9.46. The molecule has 4 fully saturated rings. The predicted molar refractivity (Wildman–Crippen MR) is 306 cm³/mol. The Labute approximate surface area is 463 Å². The van der Waals surface area contributed by atoms with Gasteiger partial charge in [0.05, 0.1) is 44.4 Å². The predicted octanol–water partition coefficient (Wildman–Crippen LogP) is 8.25. The number of anilines is 11. The smallest absolute Gasteiger partial charge is 0.272 e. The van der Waals surface area contributed by atoms with E-state index in [1.165, 1.54) is 36.0 Å². The molecule has 4 aromatic carbocycles. The summed E-state index contributed by atoms with van der Waals surface area (Å²) in [5.74, 6) is 0.737. The molecule has 23 heteroatoms. The standard InChI is InChI=1S/C28H29F2N9.C27H29FN10O.C2H6/c29-28(30)18-37(19-28)17-22-7-4-8-24(14-22)35-25-33-20-34-27(36-25)39-11-9-38(10-12-39)26-31-15-23(16-32-26)13-21-5-2-1-3-6-21;28-20-1-3-21(4-2-20)33-23-17-29-26(30-18-23)37-9-11-38(12-10-37)27-32-19-31-25(35-27)34-22-5-7-24(8-6-22)36-13-15-39-16-14-36;1-2/h1-8,14-16,20H,9-13,17-19H2,(H,33,34,35,36);1-8,17-19,33H,9-16H2,(H,31,32,34,35);1-2H3. The van der Waals surface area contributed by atoms with Gasteiger partial charge in [0.1, 0.15) is 18.5 Å². The van der Waals surface area contributed by atoms with Crippen LogP contribution in [0.4, 0.5) is 77.3 Å². The highest BCUT2D eigenvalue weighted by atomic mass is 19.3. The highest BCUT2D eigenvalue weighted by molar-refractivity contribution is 5.61. The van der Waals surface area contributed by atoms with Gasteiger partial charge in [-0.25, -0.2) is 53.0 Å². The number of rotatable bonds is 15. The molecule has 0 saturated carbocycles. The summed E-state index contributed by atoms with van der Waals surface area (Å²) in [4.78, 5) is 57.4. The first-order valence-electron chi connectivity index (χ1n) is 26.9. The fourth-order valence-electron chi connectivity index (χ4n) is 9.46. The average Bonchev–Trinajstić information content (AvgIpc) is 3.50. The molecule has 0 bridgehead atoms. The zero-order valence-electron chi connectivity index (χ0n) is 44.8. The van der Waals surface area contributed by atoms with Gasteiger partial charge in [-0.15, -0.1) is 0 Å². The summed E-state index contributed by atoms with van der Waals surface area (Å²) in [6, 6.07) is 32.4. The molecule has 0 unspecified atom stereocenters. The molecule has 0 spiro atoms. The second-order valence-corrected chi connectivity index (χ2v) is 19.2. The van der Waals surface area contributed by atoms with Crippen LogP contribution in [0.1, 0.15) is 30.5 Å². The molecular weight excluding hydrogens is 1020 g/mol. The lowest BCUT2D eigenvalue weighted by atomic mass is 10.1. The lowest BCUT2D eigenvalue weighted by Crippen LogP contribution is -2.55. The molecular formula is C57H64F3N19O. The molecule has 3 N–H and O–H groups in total. The van der Waals surface area contributed by atoms with Crippen molar-refractivity contribution in [2.45, 2.75) is 32.7 Å². The molecule has 4 saturated heterocycles. The summed E-state index contributed by atoms with van der Waals surface area (Å²) in [7, 11) is 0. The molecule has 20 nitrogen and oxygen atoms in total. The summed E-state index contributed by atoms with van der Waals surface area (Å²) >= 11 is 0. The van der Waals surface area contributed by atoms with Crippen molar-refractivity contribution in [2.75, 3.05) is 132 Å². The minimum Gasteiger partial charge on any atom is -0.378 e. The molecule has 8 heterocycles. The maximum absolute atomic E-state index is 13.1. The second-order valence-electron chi connectivity index (χ2n) is 19.2. The van der Waals surface area contributed by atoms with Gasteiger partial charge in [-0.1, -0.05) is 56.3 Å². The number of benzene rings is 4. The average molecular weight is 1090 g/mol. The first-order chi connectivity index (χ1) is 39.2. The summed E-state index contributed by atoms with van der Waals surface area (Å²) in [6.45, 7) is 13.3. The number of piperazine rings is 2. The van der Waals surface area contributed by atoms with Gasteiger partial charge < -0.3 is 45.2 Å². The van der Waals surface area contributed by atoms with Crippen molar-refractivity contribution in [3.63, 3.8) is 0 Å². The van der Waals surface area contributed by atoms with Crippen LogP contribution in [0.5, 0.6) is 0 Å². The van der Waals surface area contributed by atoms with Gasteiger partial charge in [0.25, 0.3) is 5.92 Å². The molecule has 0 radical (unpaired) electrons. The molecule has 80 heavy (non-hydrogen) atoms. The Bertz CT molecular complexity index is 3180. The van der Waals surface area contributed by atoms with Gasteiger partial charge in [-0.05, 0) is 77.4 Å². The van der Waals surface area contributed by atoms with Crippen molar-refractivity contribution >= 4 is 64.1 Å². The van der Waals surface area contributed by atoms with Crippen molar-refractivity contribution in [1.82, 2.24) is 54.7 Å². The number of nitrogens with zero attached hydrogens (tertiary/aromatic N) is 16. The van der Waals surface area contributed by atoms with Gasteiger partial charge in [0.2, 0.25) is 35.7 Å². The van der Waals surface area contributed by atoms with Crippen LogP contribution < -0.4 is 40.4 Å². The minimum absolute atomic E-state index is 0.194. The molecule has 12 rings (SSSR count). The SMILES string of the molecule is CC.FC1(F)CN(Cc2cccc(Nc3ncnc(N4CCN(c5ncc(Cc6ccccc6)cn5)CC4)n3)c2)C1.Fc1ccc(Nc2cnc(N3CCN(c4ncnc(Nc5ccc(N6CCOCC6)cc5)n4)CC3)nc2)cc1. The van der Waals surface area contributed by atoms with E-state index in [-0.39, 0.29) is 18.9 Å². The fraction of sp³-hybridized carbons (Fsp3) is 0.333. The van der Waals surface area contributed by atoms with Crippen LogP contribution in [0.2, 0.25) is 0 Å². The van der Waals surface area contributed by atoms with Gasteiger partial charge in [0.15, 0.2) is 0 Å². The number of morpholine rings is 1. The minimum atomic E-state index is -2.57. The van der Waals surface area contributed by atoms with E-state index in [2.05, 4.69) is 115 Å². The summed E-state index contributed by atoms with van der Waals surface area (Å²) in [5, 5.41) is 9.68. The quantitative estimate of drug-likeness (QED) is 0.0887. The monoisotopic (exact) mass is 1090 g/mol. The number of hydrogen-bond acceptors (Lipinski definition) is 20. The van der Waals surface area contributed by atoms with Crippen LogP contribution in [0.25, 0.3) is 0 Å². The normalized spacial score (nSPS) is 16.1. The van der Waals surface area contributed by atoms with E-state index in [0.717, 1.165) is 125 Å². The van der Waals surface area contributed by atoms with E-state index >= 15 is 0 Å². The third-order valence-corrected chi connectivity index (χ3v) is 13.5. The van der Waals surface area contributed by atoms with Crippen LogP contribution in [0, 0.1) is 5.82 Å². The Morgan fingerprint density at radius 3 is 1.52 bits per heavy atom. The highest BCUT2D eigenvalue weighted by Crippen LogP contribution is 2.29. The number of likely N-dealkylation sites (tertiary alicyclic amines) is 1. The summed E-state index contributed by atoms with van der Waals surface area (Å²) < 4.78 is 44.9. The Hall–Kier alpha value is -8.83. The molecule has 4 aliphatic heterocycles. The Morgan fingerprint density at radius 1 is 0.463 bits per heavy atom. The van der Waals surface area contributed by atoms with Crippen LogP contribution >= 0.6 is 0 Å². The molecule has 0 aliphatic carbocycles. The van der Waals surface area contributed by atoms with Gasteiger partial charge in [-0.2, -0.15) is 9.97 Å². The largest absolute Gasteiger partial charge is 0.378 e. The number of halogens is 3. The Morgan fingerprint density at radius 2 is 0.963 bits per heavy atom. The molecule has 4 aromatic heterocycles. The van der Waals surface area contributed by atoms with Crippen LogP contribution in [-0.4, -0.2) is 152 Å². The highest BCUT2D eigenvalue weighted by Gasteiger charge is 2.43. The topological polar surface area (TPSA) is 194 Å². The van der Waals surface area contributed by atoms with Crippen LogP contribution in [-0.2, 0) is 17.7 Å². The number of alkyl halides is 2. The van der Waals surface area contributed by atoms with E-state index in [9.17, 15) is 13.2 Å². The van der Waals surface area contributed by atoms with Crippen LogP contribution in [0.3, 0.4) is 0 Å². The van der Waals surface area contributed by atoms with Crippen molar-refractivity contribution in [1.29, 1.82) is 0 Å². The maximum Gasteiger partial charge on any atom is 0.272 e. The molecule has 0 atom stereocenters. The van der Waals surface area contributed by atoms with Crippen molar-refractivity contribution in [3.05, 3.63) is 163 Å². The second kappa shape index (κ2) is 26.2.